The number of benzene rings is 3. The molecule has 188 valence electrons. The van der Waals surface area contributed by atoms with E-state index in [1.54, 1.807) is 24.3 Å². The molecule has 1 aliphatic heterocycles. The van der Waals surface area contributed by atoms with E-state index in [0.717, 1.165) is 17.2 Å². The van der Waals surface area contributed by atoms with Crippen LogP contribution >= 0.6 is 23.2 Å². The third-order valence-electron chi connectivity index (χ3n) is 6.69. The van der Waals surface area contributed by atoms with E-state index in [2.05, 4.69) is 5.32 Å². The standard InChI is InChI=1S/C28H29Cl2N3O3/c1-4-17(3)31-27(35)23(5-2)32(15-19-12-13-20(29)14-22(19)30)25(34)16-33-24-11-7-9-18-8-6-10-21(26(18)24)28(33)36/h6-14,17,23H,4-5,15-16H2,1-3H3,(H,31,35)/t17-,23-/m1/s1. The first-order valence-electron chi connectivity index (χ1n) is 12.1. The van der Waals surface area contributed by atoms with Gasteiger partial charge in [-0.25, -0.2) is 0 Å². The lowest BCUT2D eigenvalue weighted by atomic mass is 10.1. The lowest BCUT2D eigenvalue weighted by Gasteiger charge is -2.33. The number of hydrogen-bond acceptors (Lipinski definition) is 3. The third-order valence-corrected chi connectivity index (χ3v) is 7.27. The summed E-state index contributed by atoms with van der Waals surface area (Å²) in [6.07, 6.45) is 1.17. The summed E-state index contributed by atoms with van der Waals surface area (Å²) in [5.74, 6) is -0.800. The fraction of sp³-hybridized carbons (Fsp3) is 0.321. The van der Waals surface area contributed by atoms with Crippen LogP contribution < -0.4 is 10.2 Å². The van der Waals surface area contributed by atoms with Gasteiger partial charge in [-0.1, -0.05) is 67.4 Å². The maximum atomic E-state index is 13.8. The molecule has 0 saturated carbocycles. The SMILES string of the molecule is CC[C@@H](C)NC(=O)[C@@H](CC)N(Cc1ccc(Cl)cc1Cl)C(=O)CN1C(=O)c2cccc3cccc1c23. The second-order valence-corrected chi connectivity index (χ2v) is 9.92. The van der Waals surface area contributed by atoms with Crippen molar-refractivity contribution in [3.8, 4) is 0 Å². The van der Waals surface area contributed by atoms with Crippen LogP contribution in [0.3, 0.4) is 0 Å². The molecule has 1 heterocycles. The average Bonchev–Trinajstić information content (AvgIpc) is 3.13. The average molecular weight is 526 g/mol. The molecule has 0 aromatic heterocycles. The number of rotatable bonds is 9. The Balaban J connectivity index is 1.67. The highest BCUT2D eigenvalue weighted by Crippen LogP contribution is 2.37. The second kappa shape index (κ2) is 10.9. The molecule has 36 heavy (non-hydrogen) atoms. The molecule has 3 amide bonds. The van der Waals surface area contributed by atoms with Gasteiger partial charge < -0.3 is 10.2 Å². The minimum atomic E-state index is -0.728. The zero-order valence-corrected chi connectivity index (χ0v) is 22.1. The number of nitrogens with zero attached hydrogens (tertiary/aromatic N) is 2. The van der Waals surface area contributed by atoms with Gasteiger partial charge in [0.2, 0.25) is 11.8 Å². The van der Waals surface area contributed by atoms with Crippen molar-refractivity contribution in [3.63, 3.8) is 0 Å². The van der Waals surface area contributed by atoms with Crippen LogP contribution in [0.4, 0.5) is 5.69 Å². The van der Waals surface area contributed by atoms with Crippen LogP contribution in [0.2, 0.25) is 10.0 Å². The largest absolute Gasteiger partial charge is 0.352 e. The summed E-state index contributed by atoms with van der Waals surface area (Å²) in [5.41, 5.74) is 1.94. The van der Waals surface area contributed by atoms with Gasteiger partial charge in [-0.2, -0.15) is 0 Å². The van der Waals surface area contributed by atoms with Crippen molar-refractivity contribution in [3.05, 3.63) is 75.8 Å². The quantitative estimate of drug-likeness (QED) is 0.382. The molecule has 6 nitrogen and oxygen atoms in total. The number of carbonyl (C=O) groups is 3. The van der Waals surface area contributed by atoms with Gasteiger partial charge in [0.1, 0.15) is 12.6 Å². The molecule has 0 unspecified atom stereocenters. The van der Waals surface area contributed by atoms with Crippen molar-refractivity contribution < 1.29 is 14.4 Å². The minimum Gasteiger partial charge on any atom is -0.352 e. The first-order chi connectivity index (χ1) is 17.2. The van der Waals surface area contributed by atoms with Gasteiger partial charge in [0.25, 0.3) is 5.91 Å². The summed E-state index contributed by atoms with van der Waals surface area (Å²) in [6.45, 7) is 5.70. The van der Waals surface area contributed by atoms with E-state index >= 15 is 0 Å². The van der Waals surface area contributed by atoms with E-state index in [1.807, 2.05) is 51.1 Å². The lowest BCUT2D eigenvalue weighted by molar-refractivity contribution is -0.140. The predicted octanol–water partition coefficient (Wildman–Crippen LogP) is 5.83. The van der Waals surface area contributed by atoms with E-state index in [9.17, 15) is 14.4 Å². The van der Waals surface area contributed by atoms with Crippen LogP contribution in [0.15, 0.2) is 54.6 Å². The summed E-state index contributed by atoms with van der Waals surface area (Å²) in [7, 11) is 0. The number of carbonyl (C=O) groups excluding carboxylic acids is 3. The molecule has 0 aliphatic carbocycles. The fourth-order valence-electron chi connectivity index (χ4n) is 4.56. The highest BCUT2D eigenvalue weighted by atomic mass is 35.5. The maximum Gasteiger partial charge on any atom is 0.259 e. The summed E-state index contributed by atoms with van der Waals surface area (Å²) in [5, 5.41) is 5.66. The molecule has 1 N–H and O–H groups in total. The third kappa shape index (κ3) is 5.06. The van der Waals surface area contributed by atoms with Crippen molar-refractivity contribution in [2.45, 2.75) is 52.2 Å². The van der Waals surface area contributed by atoms with Crippen molar-refractivity contribution in [1.29, 1.82) is 0 Å². The van der Waals surface area contributed by atoms with Crippen molar-refractivity contribution in [2.24, 2.45) is 0 Å². The summed E-state index contributed by atoms with van der Waals surface area (Å²) in [4.78, 5) is 43.3. The summed E-state index contributed by atoms with van der Waals surface area (Å²) < 4.78 is 0. The number of amides is 3. The van der Waals surface area contributed by atoms with Crippen molar-refractivity contribution in [1.82, 2.24) is 10.2 Å². The minimum absolute atomic E-state index is 0.0325. The Hall–Kier alpha value is -3.09. The highest BCUT2D eigenvalue weighted by Gasteiger charge is 2.35. The van der Waals surface area contributed by atoms with Crippen LogP contribution in [-0.4, -0.2) is 41.2 Å². The predicted molar refractivity (Wildman–Crippen MR) is 145 cm³/mol. The van der Waals surface area contributed by atoms with Gasteiger partial charge in [0.05, 0.1) is 5.69 Å². The monoisotopic (exact) mass is 525 g/mol. The Morgan fingerprint density at radius 2 is 1.75 bits per heavy atom. The number of anilines is 1. The summed E-state index contributed by atoms with van der Waals surface area (Å²) >= 11 is 12.5. The molecule has 0 saturated heterocycles. The first kappa shape index (κ1) is 26.0. The number of nitrogens with one attached hydrogen (secondary N) is 1. The number of hydrogen-bond donors (Lipinski definition) is 1. The molecule has 4 rings (SSSR count). The molecule has 0 bridgehead atoms. The smallest absolute Gasteiger partial charge is 0.259 e. The van der Waals surface area contributed by atoms with Gasteiger partial charge in [-0.15, -0.1) is 0 Å². The van der Waals surface area contributed by atoms with E-state index in [0.29, 0.717) is 33.3 Å². The Morgan fingerprint density at radius 3 is 2.42 bits per heavy atom. The van der Waals surface area contributed by atoms with Gasteiger partial charge >= 0.3 is 0 Å². The van der Waals surface area contributed by atoms with Crippen molar-refractivity contribution in [2.75, 3.05) is 11.4 Å². The zero-order valence-electron chi connectivity index (χ0n) is 20.6. The van der Waals surface area contributed by atoms with E-state index in [1.165, 1.54) is 9.80 Å². The normalized spacial score (nSPS) is 14.1. The molecule has 0 spiro atoms. The van der Waals surface area contributed by atoms with Gasteiger partial charge in [0.15, 0.2) is 0 Å². The second-order valence-electron chi connectivity index (χ2n) is 9.07. The van der Waals surface area contributed by atoms with Crippen LogP contribution in [0.1, 0.15) is 49.5 Å². The van der Waals surface area contributed by atoms with Crippen LogP contribution in [-0.2, 0) is 16.1 Å². The van der Waals surface area contributed by atoms with Crippen LogP contribution in [0.5, 0.6) is 0 Å². The Bertz CT molecular complexity index is 1320. The molecule has 3 aromatic carbocycles. The zero-order chi connectivity index (χ0) is 26.0. The molecule has 8 heteroatoms. The molecule has 0 radical (unpaired) electrons. The summed E-state index contributed by atoms with van der Waals surface area (Å²) in [6, 6.07) is 15.5. The van der Waals surface area contributed by atoms with Gasteiger partial charge in [-0.05, 0) is 55.0 Å². The Kier molecular flexibility index (Phi) is 7.86. The highest BCUT2D eigenvalue weighted by molar-refractivity contribution is 6.35. The number of halogens is 2. The van der Waals surface area contributed by atoms with Gasteiger partial charge in [-0.3, -0.25) is 19.3 Å². The Morgan fingerprint density at radius 1 is 1.03 bits per heavy atom. The molecule has 2 atom stereocenters. The molecular weight excluding hydrogens is 497 g/mol. The topological polar surface area (TPSA) is 69.7 Å². The lowest BCUT2D eigenvalue weighted by Crippen LogP contribution is -2.53. The van der Waals surface area contributed by atoms with Crippen LogP contribution in [0.25, 0.3) is 10.8 Å². The van der Waals surface area contributed by atoms with E-state index < -0.39 is 6.04 Å². The van der Waals surface area contributed by atoms with Gasteiger partial charge in [0, 0.05) is 33.6 Å². The van der Waals surface area contributed by atoms with Crippen LogP contribution in [0, 0.1) is 0 Å². The molecule has 1 aliphatic rings. The van der Waals surface area contributed by atoms with E-state index in [4.69, 9.17) is 23.2 Å². The van der Waals surface area contributed by atoms with E-state index in [-0.39, 0.29) is 36.9 Å². The maximum absolute atomic E-state index is 13.8. The van der Waals surface area contributed by atoms with Crippen molar-refractivity contribution >= 4 is 57.4 Å². The molecular formula is C28H29Cl2N3O3. The Labute approximate surface area is 221 Å². The molecule has 0 fully saturated rings. The first-order valence-corrected chi connectivity index (χ1v) is 12.9. The fourth-order valence-corrected chi connectivity index (χ4v) is 5.02. The molecule has 3 aromatic rings.